The molecule has 0 saturated carbocycles. The van der Waals surface area contributed by atoms with E-state index in [1.54, 1.807) is 24.3 Å². The molecule has 2 aromatic rings. The van der Waals surface area contributed by atoms with E-state index in [4.69, 9.17) is 4.74 Å². The Bertz CT molecular complexity index is 745. The first-order valence-electron chi connectivity index (χ1n) is 7.39. The number of nitro benzene ring substituents is 1. The zero-order chi connectivity index (χ0) is 18.2. The second kappa shape index (κ2) is 8.44. The van der Waals surface area contributed by atoms with Crippen molar-refractivity contribution >= 4 is 17.7 Å². The fourth-order valence-corrected chi connectivity index (χ4v) is 2.10. The first kappa shape index (κ1) is 17.9. The molecule has 2 N–H and O–H groups in total. The van der Waals surface area contributed by atoms with Crippen molar-refractivity contribution in [3.05, 3.63) is 75.8 Å². The highest BCUT2D eigenvalue weighted by Crippen LogP contribution is 2.13. The molecule has 8 heteroatoms. The van der Waals surface area contributed by atoms with Crippen molar-refractivity contribution in [3.63, 3.8) is 0 Å². The van der Waals surface area contributed by atoms with Gasteiger partial charge in [0.1, 0.15) is 12.6 Å². The molecular weight excluding hydrogens is 328 g/mol. The van der Waals surface area contributed by atoms with Gasteiger partial charge < -0.3 is 15.2 Å². The zero-order valence-electron chi connectivity index (χ0n) is 13.1. The van der Waals surface area contributed by atoms with Gasteiger partial charge >= 0.3 is 12.1 Å². The van der Waals surface area contributed by atoms with Crippen LogP contribution in [0, 0.1) is 10.1 Å². The van der Waals surface area contributed by atoms with Crippen molar-refractivity contribution in [1.29, 1.82) is 0 Å². The van der Waals surface area contributed by atoms with Gasteiger partial charge in [-0.3, -0.25) is 10.1 Å². The van der Waals surface area contributed by atoms with Crippen LogP contribution in [0.2, 0.25) is 0 Å². The Morgan fingerprint density at radius 3 is 2.28 bits per heavy atom. The van der Waals surface area contributed by atoms with Gasteiger partial charge in [-0.15, -0.1) is 0 Å². The largest absolute Gasteiger partial charge is 0.480 e. The SMILES string of the molecule is O=C(NC(Cc1ccc([N+](=O)[O-])cc1)C(=O)O)OCc1ccccc1. The summed E-state index contributed by atoms with van der Waals surface area (Å²) < 4.78 is 4.99. The van der Waals surface area contributed by atoms with Crippen LogP contribution >= 0.6 is 0 Å². The predicted octanol–water partition coefficient (Wildman–Crippen LogP) is 2.52. The summed E-state index contributed by atoms with van der Waals surface area (Å²) >= 11 is 0. The van der Waals surface area contributed by atoms with Gasteiger partial charge in [0.25, 0.3) is 5.69 Å². The summed E-state index contributed by atoms with van der Waals surface area (Å²) in [5.74, 6) is -1.23. The molecular formula is C17H16N2O6. The van der Waals surface area contributed by atoms with Crippen LogP contribution in [-0.2, 0) is 22.6 Å². The second-order valence-corrected chi connectivity index (χ2v) is 5.22. The summed E-state index contributed by atoms with van der Waals surface area (Å²) in [6.07, 6.45) is -0.869. The van der Waals surface area contributed by atoms with Gasteiger partial charge in [-0.25, -0.2) is 9.59 Å². The molecule has 0 aliphatic rings. The molecule has 0 radical (unpaired) electrons. The van der Waals surface area contributed by atoms with Crippen LogP contribution in [0.25, 0.3) is 0 Å². The van der Waals surface area contributed by atoms with Crippen molar-refractivity contribution in [2.75, 3.05) is 0 Å². The molecule has 0 bridgehead atoms. The van der Waals surface area contributed by atoms with E-state index < -0.39 is 23.0 Å². The monoisotopic (exact) mass is 344 g/mol. The number of carboxylic acid groups (broad SMARTS) is 1. The van der Waals surface area contributed by atoms with E-state index >= 15 is 0 Å². The van der Waals surface area contributed by atoms with Crippen LogP contribution in [0.4, 0.5) is 10.5 Å². The molecule has 2 rings (SSSR count). The number of benzene rings is 2. The zero-order valence-corrected chi connectivity index (χ0v) is 13.1. The third-order valence-electron chi connectivity index (χ3n) is 3.39. The molecule has 0 fully saturated rings. The lowest BCUT2D eigenvalue weighted by molar-refractivity contribution is -0.384. The van der Waals surface area contributed by atoms with E-state index in [0.717, 1.165) is 5.56 Å². The molecule has 0 aromatic heterocycles. The van der Waals surface area contributed by atoms with E-state index in [0.29, 0.717) is 5.56 Å². The number of hydrogen-bond acceptors (Lipinski definition) is 5. The van der Waals surface area contributed by atoms with E-state index in [1.165, 1.54) is 24.3 Å². The Hall–Kier alpha value is -3.42. The average molecular weight is 344 g/mol. The fourth-order valence-electron chi connectivity index (χ4n) is 2.10. The number of aliphatic carboxylic acids is 1. The number of nitrogens with zero attached hydrogens (tertiary/aromatic N) is 1. The van der Waals surface area contributed by atoms with Crippen LogP contribution in [0.5, 0.6) is 0 Å². The smallest absolute Gasteiger partial charge is 0.408 e. The van der Waals surface area contributed by atoms with Gasteiger partial charge in [0, 0.05) is 18.6 Å². The molecule has 0 saturated heterocycles. The average Bonchev–Trinajstić information content (AvgIpc) is 2.60. The Kier molecular flexibility index (Phi) is 6.05. The summed E-state index contributed by atoms with van der Waals surface area (Å²) in [6, 6.07) is 13.2. The van der Waals surface area contributed by atoms with Gasteiger partial charge in [-0.05, 0) is 11.1 Å². The summed E-state index contributed by atoms with van der Waals surface area (Å²) in [6.45, 7) is 0.0243. The molecule has 0 heterocycles. The molecule has 8 nitrogen and oxygen atoms in total. The first-order valence-corrected chi connectivity index (χ1v) is 7.39. The lowest BCUT2D eigenvalue weighted by Gasteiger charge is -2.14. The van der Waals surface area contributed by atoms with E-state index in [9.17, 15) is 24.8 Å². The van der Waals surface area contributed by atoms with Crippen molar-refractivity contribution in [2.45, 2.75) is 19.1 Å². The lowest BCUT2D eigenvalue weighted by Crippen LogP contribution is -2.42. The lowest BCUT2D eigenvalue weighted by atomic mass is 10.1. The molecule has 1 atom stereocenters. The maximum atomic E-state index is 11.8. The number of nitro groups is 1. The van der Waals surface area contributed by atoms with Crippen LogP contribution in [0.15, 0.2) is 54.6 Å². The standard InChI is InChI=1S/C17H16N2O6/c20-16(21)15(10-12-6-8-14(9-7-12)19(23)24)18-17(22)25-11-13-4-2-1-3-5-13/h1-9,15H,10-11H2,(H,18,22)(H,20,21). The number of nitrogens with one attached hydrogen (secondary N) is 1. The Balaban J connectivity index is 1.92. The number of carboxylic acids is 1. The van der Waals surface area contributed by atoms with Crippen molar-refractivity contribution < 1.29 is 24.4 Å². The summed E-state index contributed by atoms with van der Waals surface area (Å²) in [7, 11) is 0. The normalized spacial score (nSPS) is 11.4. The van der Waals surface area contributed by atoms with Crippen LogP contribution in [0.3, 0.4) is 0 Å². The number of carbonyl (C=O) groups is 2. The minimum absolute atomic E-state index is 0.0201. The highest BCUT2D eigenvalue weighted by molar-refractivity contribution is 5.80. The van der Waals surface area contributed by atoms with Crippen molar-refractivity contribution in [3.8, 4) is 0 Å². The molecule has 2 aromatic carbocycles. The van der Waals surface area contributed by atoms with Gasteiger partial charge in [0.2, 0.25) is 0 Å². The number of non-ortho nitro benzene ring substituents is 1. The summed E-state index contributed by atoms with van der Waals surface area (Å²) in [5.41, 5.74) is 1.23. The predicted molar refractivity (Wildman–Crippen MR) is 88.0 cm³/mol. The van der Waals surface area contributed by atoms with Crippen LogP contribution in [-0.4, -0.2) is 28.1 Å². The Morgan fingerprint density at radius 1 is 1.08 bits per heavy atom. The molecule has 0 aliphatic carbocycles. The van der Waals surface area contributed by atoms with Gasteiger partial charge in [0.15, 0.2) is 0 Å². The van der Waals surface area contributed by atoms with Crippen LogP contribution < -0.4 is 5.32 Å². The minimum Gasteiger partial charge on any atom is -0.480 e. The second-order valence-electron chi connectivity index (χ2n) is 5.22. The molecule has 0 aliphatic heterocycles. The molecule has 130 valence electrons. The maximum Gasteiger partial charge on any atom is 0.408 e. The fraction of sp³-hybridized carbons (Fsp3) is 0.176. The Labute approximate surface area is 143 Å². The van der Waals surface area contributed by atoms with Crippen LogP contribution in [0.1, 0.15) is 11.1 Å². The minimum atomic E-state index is -1.23. The van der Waals surface area contributed by atoms with Gasteiger partial charge in [-0.1, -0.05) is 42.5 Å². The number of carbonyl (C=O) groups excluding carboxylic acids is 1. The quantitative estimate of drug-likeness (QED) is 0.588. The third kappa shape index (κ3) is 5.61. The molecule has 25 heavy (non-hydrogen) atoms. The third-order valence-corrected chi connectivity index (χ3v) is 3.39. The number of amides is 1. The topological polar surface area (TPSA) is 119 Å². The summed E-state index contributed by atoms with van der Waals surface area (Å²) in [4.78, 5) is 33.2. The van der Waals surface area contributed by atoms with Gasteiger partial charge in [0.05, 0.1) is 4.92 Å². The highest BCUT2D eigenvalue weighted by atomic mass is 16.6. The van der Waals surface area contributed by atoms with E-state index in [2.05, 4.69) is 5.32 Å². The number of alkyl carbamates (subject to hydrolysis) is 1. The first-order chi connectivity index (χ1) is 12.0. The number of rotatable bonds is 7. The van der Waals surface area contributed by atoms with E-state index in [-0.39, 0.29) is 18.7 Å². The van der Waals surface area contributed by atoms with Crippen molar-refractivity contribution in [1.82, 2.24) is 5.32 Å². The number of ether oxygens (including phenoxy) is 1. The van der Waals surface area contributed by atoms with E-state index in [1.807, 2.05) is 6.07 Å². The molecule has 0 spiro atoms. The summed E-state index contributed by atoms with van der Waals surface area (Å²) in [5, 5.41) is 22.1. The number of hydrogen-bond donors (Lipinski definition) is 2. The molecule has 1 unspecified atom stereocenters. The van der Waals surface area contributed by atoms with Gasteiger partial charge in [-0.2, -0.15) is 0 Å². The highest BCUT2D eigenvalue weighted by Gasteiger charge is 2.21. The van der Waals surface area contributed by atoms with Crippen molar-refractivity contribution in [2.24, 2.45) is 0 Å². The maximum absolute atomic E-state index is 11.8. The Morgan fingerprint density at radius 2 is 1.72 bits per heavy atom. The molecule has 1 amide bonds.